The summed E-state index contributed by atoms with van der Waals surface area (Å²) in [7, 11) is 1.66. The number of pyridine rings is 1. The number of phenols is 1. The lowest BCUT2D eigenvalue weighted by molar-refractivity contribution is 0.207. The summed E-state index contributed by atoms with van der Waals surface area (Å²) in [6.07, 6.45) is 3.43. The minimum absolute atomic E-state index is 0.0119. The highest BCUT2D eigenvalue weighted by Crippen LogP contribution is 2.33. The second-order valence-corrected chi connectivity index (χ2v) is 5.74. The van der Waals surface area contributed by atoms with Crippen LogP contribution in [0.5, 0.6) is 5.75 Å². The highest BCUT2D eigenvalue weighted by Gasteiger charge is 2.30. The van der Waals surface area contributed by atoms with Crippen LogP contribution >= 0.6 is 0 Å². The van der Waals surface area contributed by atoms with Crippen molar-refractivity contribution < 1.29 is 9.90 Å². The van der Waals surface area contributed by atoms with Crippen molar-refractivity contribution in [2.75, 3.05) is 11.9 Å². The molecule has 1 fully saturated rings. The first kappa shape index (κ1) is 15.1. The molecule has 1 aromatic carbocycles. The van der Waals surface area contributed by atoms with Gasteiger partial charge in [-0.2, -0.15) is 0 Å². The van der Waals surface area contributed by atoms with Gasteiger partial charge in [0.2, 0.25) is 0 Å². The lowest BCUT2D eigenvalue weighted by Crippen LogP contribution is -2.34. The van der Waals surface area contributed by atoms with Gasteiger partial charge in [-0.05, 0) is 36.6 Å². The monoisotopic (exact) mass is 313 g/mol. The third-order valence-electron chi connectivity index (χ3n) is 4.15. The summed E-state index contributed by atoms with van der Waals surface area (Å²) < 4.78 is 1.45. The van der Waals surface area contributed by atoms with E-state index in [0.29, 0.717) is 12.2 Å². The van der Waals surface area contributed by atoms with Crippen molar-refractivity contribution in [1.82, 2.24) is 9.47 Å². The minimum atomic E-state index is -0.214. The molecule has 2 amide bonds. The Hall–Kier alpha value is -2.76. The first-order chi connectivity index (χ1) is 11.0. The molecule has 0 radical (unpaired) electrons. The average Bonchev–Trinajstić information content (AvgIpc) is 3.01. The number of phenolic OH excluding ortho intramolecular Hbond substituents is 1. The van der Waals surface area contributed by atoms with Crippen molar-refractivity contribution in [3.63, 3.8) is 0 Å². The van der Waals surface area contributed by atoms with E-state index in [2.05, 4.69) is 5.32 Å². The summed E-state index contributed by atoms with van der Waals surface area (Å²) in [5.41, 5.74) is 1.33. The molecule has 6 nitrogen and oxygen atoms in total. The van der Waals surface area contributed by atoms with Gasteiger partial charge in [-0.3, -0.25) is 4.79 Å². The number of rotatable bonds is 2. The van der Waals surface area contributed by atoms with Crippen molar-refractivity contribution in [1.29, 1.82) is 0 Å². The first-order valence-corrected chi connectivity index (χ1v) is 7.58. The number of nitrogens with one attached hydrogen (secondary N) is 1. The van der Waals surface area contributed by atoms with E-state index in [1.165, 1.54) is 10.6 Å². The van der Waals surface area contributed by atoms with E-state index < -0.39 is 0 Å². The summed E-state index contributed by atoms with van der Waals surface area (Å²) in [5.74, 6) is 0.211. The quantitative estimate of drug-likeness (QED) is 0.894. The molecule has 1 saturated heterocycles. The molecule has 2 heterocycles. The zero-order chi connectivity index (χ0) is 16.4. The molecule has 2 aromatic rings. The molecule has 6 heteroatoms. The van der Waals surface area contributed by atoms with E-state index in [0.717, 1.165) is 18.4 Å². The summed E-state index contributed by atoms with van der Waals surface area (Å²) in [5, 5.41) is 12.2. The lowest BCUT2D eigenvalue weighted by atomic mass is 10.0. The van der Waals surface area contributed by atoms with Crippen molar-refractivity contribution in [3.8, 4) is 5.75 Å². The first-order valence-electron chi connectivity index (χ1n) is 7.58. The zero-order valence-electron chi connectivity index (χ0n) is 12.9. The molecule has 23 heavy (non-hydrogen) atoms. The molecular formula is C17H19N3O3. The van der Waals surface area contributed by atoms with Crippen LogP contribution in [0.4, 0.5) is 10.5 Å². The summed E-state index contributed by atoms with van der Waals surface area (Å²) >= 11 is 0. The van der Waals surface area contributed by atoms with Crippen LogP contribution in [0.3, 0.4) is 0 Å². The maximum absolute atomic E-state index is 12.5. The predicted octanol–water partition coefficient (Wildman–Crippen LogP) is 2.46. The molecule has 0 aliphatic carbocycles. The van der Waals surface area contributed by atoms with Gasteiger partial charge in [0.15, 0.2) is 0 Å². The molecule has 120 valence electrons. The number of nitrogens with zero attached hydrogens (tertiary/aromatic N) is 2. The van der Waals surface area contributed by atoms with E-state index in [1.54, 1.807) is 36.3 Å². The number of benzene rings is 1. The molecular weight excluding hydrogens is 294 g/mol. The smallest absolute Gasteiger partial charge is 0.322 e. The fourth-order valence-corrected chi connectivity index (χ4v) is 2.87. The molecule has 1 unspecified atom stereocenters. The van der Waals surface area contributed by atoms with E-state index in [1.807, 2.05) is 12.1 Å². The van der Waals surface area contributed by atoms with E-state index in [9.17, 15) is 14.7 Å². The Kier molecular flexibility index (Phi) is 4.06. The fourth-order valence-electron chi connectivity index (χ4n) is 2.87. The number of aromatic hydroxyl groups is 1. The van der Waals surface area contributed by atoms with Crippen molar-refractivity contribution in [2.45, 2.75) is 18.9 Å². The molecule has 2 N–H and O–H groups in total. The number of urea groups is 1. The molecule has 0 saturated carbocycles. The number of likely N-dealkylation sites (tertiary alicyclic amines) is 1. The Balaban J connectivity index is 1.76. The fraction of sp³-hybridized carbons (Fsp3) is 0.294. The summed E-state index contributed by atoms with van der Waals surface area (Å²) in [6, 6.07) is 9.81. The van der Waals surface area contributed by atoms with Gasteiger partial charge in [0.25, 0.3) is 5.56 Å². The topological polar surface area (TPSA) is 74.6 Å². The standard InChI is InChI=1S/C17H19N3O3/c1-19-10-8-13(11-16(19)22)18-17(23)20-9-2-3-15(20)12-4-6-14(21)7-5-12/h4-8,10-11,15,21H,2-3,9H2,1H3,(H,18,23). The van der Waals surface area contributed by atoms with Crippen molar-refractivity contribution >= 4 is 11.7 Å². The Bertz CT molecular complexity index is 767. The van der Waals surface area contributed by atoms with Gasteiger partial charge in [-0.1, -0.05) is 12.1 Å². The normalized spacial score (nSPS) is 17.3. The minimum Gasteiger partial charge on any atom is -0.508 e. The maximum atomic E-state index is 12.5. The van der Waals surface area contributed by atoms with Crippen LogP contribution in [0.2, 0.25) is 0 Å². The molecule has 1 aliphatic heterocycles. The van der Waals surface area contributed by atoms with Gasteiger partial charge < -0.3 is 19.9 Å². The van der Waals surface area contributed by atoms with Crippen LogP contribution in [0.1, 0.15) is 24.4 Å². The number of amides is 2. The number of hydrogen-bond acceptors (Lipinski definition) is 3. The molecule has 1 aliphatic rings. The number of carbonyl (C=O) groups excluding carboxylic acids is 1. The van der Waals surface area contributed by atoms with Crippen LogP contribution < -0.4 is 10.9 Å². The van der Waals surface area contributed by atoms with Gasteiger partial charge in [0.1, 0.15) is 5.75 Å². The number of aromatic nitrogens is 1. The van der Waals surface area contributed by atoms with E-state index in [4.69, 9.17) is 0 Å². The SMILES string of the molecule is Cn1ccc(NC(=O)N2CCCC2c2ccc(O)cc2)cc1=O. The number of anilines is 1. The number of hydrogen-bond donors (Lipinski definition) is 2. The Morgan fingerprint density at radius 3 is 2.70 bits per heavy atom. The van der Waals surface area contributed by atoms with Gasteiger partial charge in [0.05, 0.1) is 6.04 Å². The van der Waals surface area contributed by atoms with Gasteiger partial charge in [-0.15, -0.1) is 0 Å². The largest absolute Gasteiger partial charge is 0.508 e. The molecule has 0 spiro atoms. The molecule has 0 bridgehead atoms. The molecule has 1 atom stereocenters. The number of carbonyl (C=O) groups is 1. The second kappa shape index (κ2) is 6.16. The number of aryl methyl sites for hydroxylation is 1. The van der Waals surface area contributed by atoms with Gasteiger partial charge in [-0.25, -0.2) is 4.79 Å². The second-order valence-electron chi connectivity index (χ2n) is 5.74. The Labute approximate surface area is 134 Å². The molecule has 3 rings (SSSR count). The third-order valence-corrected chi connectivity index (χ3v) is 4.15. The highest BCUT2D eigenvalue weighted by atomic mass is 16.3. The Morgan fingerprint density at radius 2 is 2.00 bits per heavy atom. The van der Waals surface area contributed by atoms with Crippen LogP contribution in [0.15, 0.2) is 47.4 Å². The summed E-state index contributed by atoms with van der Waals surface area (Å²) in [6.45, 7) is 0.669. The predicted molar refractivity (Wildman–Crippen MR) is 87.5 cm³/mol. The van der Waals surface area contributed by atoms with Crippen LogP contribution in [0.25, 0.3) is 0 Å². The average molecular weight is 313 g/mol. The lowest BCUT2D eigenvalue weighted by Gasteiger charge is -2.25. The van der Waals surface area contributed by atoms with E-state index in [-0.39, 0.29) is 23.4 Å². The maximum Gasteiger partial charge on any atom is 0.322 e. The summed E-state index contributed by atoms with van der Waals surface area (Å²) in [4.78, 5) is 25.9. The third kappa shape index (κ3) is 3.21. The van der Waals surface area contributed by atoms with Crippen LogP contribution in [-0.2, 0) is 7.05 Å². The van der Waals surface area contributed by atoms with Gasteiger partial charge >= 0.3 is 6.03 Å². The van der Waals surface area contributed by atoms with Crippen molar-refractivity contribution in [2.24, 2.45) is 7.05 Å². The zero-order valence-corrected chi connectivity index (χ0v) is 12.9. The van der Waals surface area contributed by atoms with E-state index >= 15 is 0 Å². The van der Waals surface area contributed by atoms with Crippen LogP contribution in [0, 0.1) is 0 Å². The highest BCUT2D eigenvalue weighted by molar-refractivity contribution is 5.89. The van der Waals surface area contributed by atoms with Gasteiger partial charge in [0, 0.05) is 31.5 Å². The van der Waals surface area contributed by atoms with Crippen molar-refractivity contribution in [3.05, 3.63) is 58.5 Å². The van der Waals surface area contributed by atoms with Crippen LogP contribution in [-0.4, -0.2) is 27.1 Å². The molecule has 1 aromatic heterocycles. The Morgan fingerprint density at radius 1 is 1.26 bits per heavy atom.